The Kier molecular flexibility index (Phi) is 3.33. The zero-order valence-electron chi connectivity index (χ0n) is 7.91. The molecule has 0 aliphatic carbocycles. The second-order valence-electron chi connectivity index (χ2n) is 3.10. The maximum atomic E-state index is 10.7. The Labute approximate surface area is 110 Å². The first kappa shape index (κ1) is 11.6. The summed E-state index contributed by atoms with van der Waals surface area (Å²) in [6, 6.07) is 8.92. The molecule has 0 bridgehead atoms. The number of hydrogen-bond donors (Lipinski definition) is 1. The largest absolute Gasteiger partial charge is 0.477 e. The summed E-state index contributed by atoms with van der Waals surface area (Å²) in [6.45, 7) is 0. The molecule has 0 unspecified atom stereocenters. The topological polar surface area (TPSA) is 37.3 Å². The first-order chi connectivity index (χ1) is 7.58. The number of aromatic carboxylic acids is 1. The fourth-order valence-electron chi connectivity index (χ4n) is 1.26. The molecule has 1 N–H and O–H groups in total. The number of carboxylic acids is 1. The molecule has 0 radical (unpaired) electrons. The lowest BCUT2D eigenvalue weighted by atomic mass is 10.2. The Balaban J connectivity index is 2.42. The number of carbonyl (C=O) groups is 1. The van der Waals surface area contributed by atoms with E-state index in [0.29, 0.717) is 9.90 Å². The molecule has 1 aromatic heterocycles. The molecule has 0 aliphatic rings. The number of thiophene rings is 1. The predicted molar refractivity (Wildman–Crippen MR) is 69.4 cm³/mol. The summed E-state index contributed by atoms with van der Waals surface area (Å²) in [5, 5.41) is 9.46. The van der Waals surface area contributed by atoms with Crippen molar-refractivity contribution in [2.24, 2.45) is 0 Å². The van der Waals surface area contributed by atoms with E-state index in [9.17, 15) is 4.79 Å². The van der Waals surface area contributed by atoms with Crippen LogP contribution in [-0.4, -0.2) is 11.1 Å². The van der Waals surface area contributed by atoms with E-state index in [0.717, 1.165) is 14.9 Å². The first-order valence-corrected chi connectivity index (χ1v) is 6.35. The molecule has 0 fully saturated rings. The van der Waals surface area contributed by atoms with Gasteiger partial charge in [0.15, 0.2) is 0 Å². The highest BCUT2D eigenvalue weighted by molar-refractivity contribution is 9.10. The molecule has 82 valence electrons. The molecule has 2 rings (SSSR count). The quantitative estimate of drug-likeness (QED) is 0.883. The molecular weight excluding hydrogens is 312 g/mol. The van der Waals surface area contributed by atoms with Crippen LogP contribution < -0.4 is 0 Å². The van der Waals surface area contributed by atoms with Crippen LogP contribution >= 0.6 is 38.9 Å². The summed E-state index contributed by atoms with van der Waals surface area (Å²) in [6.07, 6.45) is 0. The van der Waals surface area contributed by atoms with Gasteiger partial charge < -0.3 is 5.11 Å². The summed E-state index contributed by atoms with van der Waals surface area (Å²) >= 11 is 10.5. The number of hydrogen-bond acceptors (Lipinski definition) is 2. The van der Waals surface area contributed by atoms with Gasteiger partial charge in [-0.1, -0.05) is 17.7 Å². The Morgan fingerprint density at radius 1 is 1.31 bits per heavy atom. The van der Waals surface area contributed by atoms with E-state index in [4.69, 9.17) is 16.7 Å². The first-order valence-electron chi connectivity index (χ1n) is 4.36. The van der Waals surface area contributed by atoms with Gasteiger partial charge in [-0.2, -0.15) is 0 Å². The Morgan fingerprint density at radius 2 is 2.06 bits per heavy atom. The second kappa shape index (κ2) is 4.57. The minimum atomic E-state index is -0.899. The van der Waals surface area contributed by atoms with Crippen molar-refractivity contribution in [3.05, 3.63) is 44.7 Å². The lowest BCUT2D eigenvalue weighted by Gasteiger charge is -1.99. The second-order valence-corrected chi connectivity index (χ2v) is 5.44. The van der Waals surface area contributed by atoms with E-state index in [-0.39, 0.29) is 0 Å². The van der Waals surface area contributed by atoms with Crippen LogP contribution in [0.4, 0.5) is 0 Å². The third kappa shape index (κ3) is 2.29. The van der Waals surface area contributed by atoms with Crippen LogP contribution in [0.1, 0.15) is 9.67 Å². The molecule has 2 aromatic rings. The molecule has 0 atom stereocenters. The number of carboxylic acid groups (broad SMARTS) is 1. The van der Waals surface area contributed by atoms with E-state index in [1.54, 1.807) is 18.2 Å². The van der Waals surface area contributed by atoms with Crippen molar-refractivity contribution in [3.8, 4) is 10.4 Å². The highest BCUT2D eigenvalue weighted by Gasteiger charge is 2.09. The maximum Gasteiger partial charge on any atom is 0.345 e. The highest BCUT2D eigenvalue weighted by Crippen LogP contribution is 2.32. The summed E-state index contributed by atoms with van der Waals surface area (Å²) < 4.78 is 0.803. The van der Waals surface area contributed by atoms with Gasteiger partial charge >= 0.3 is 5.97 Å². The normalized spacial score (nSPS) is 10.4. The van der Waals surface area contributed by atoms with E-state index < -0.39 is 5.97 Å². The average Bonchev–Trinajstić information content (AvgIpc) is 2.71. The molecule has 1 heterocycles. The van der Waals surface area contributed by atoms with Crippen LogP contribution in [0, 0.1) is 0 Å². The fourth-order valence-corrected chi connectivity index (χ4v) is 2.59. The zero-order chi connectivity index (χ0) is 11.7. The van der Waals surface area contributed by atoms with E-state index >= 15 is 0 Å². The predicted octanol–water partition coefficient (Wildman–Crippen LogP) is 4.53. The van der Waals surface area contributed by atoms with Gasteiger partial charge in [-0.3, -0.25) is 0 Å². The SMILES string of the molecule is O=C(O)c1ccc(-c2ccc(Cl)c(Br)c2)s1. The minimum absolute atomic E-state index is 0.334. The lowest BCUT2D eigenvalue weighted by molar-refractivity contribution is 0.0702. The molecule has 16 heavy (non-hydrogen) atoms. The lowest BCUT2D eigenvalue weighted by Crippen LogP contribution is -1.89. The van der Waals surface area contributed by atoms with Gasteiger partial charge in [0.05, 0.1) is 5.02 Å². The van der Waals surface area contributed by atoms with Crippen LogP contribution in [0.25, 0.3) is 10.4 Å². The molecule has 0 aliphatic heterocycles. The minimum Gasteiger partial charge on any atom is -0.477 e. The van der Waals surface area contributed by atoms with Crippen molar-refractivity contribution < 1.29 is 9.90 Å². The van der Waals surface area contributed by atoms with Crippen molar-refractivity contribution in [3.63, 3.8) is 0 Å². The van der Waals surface area contributed by atoms with Gasteiger partial charge in [-0.15, -0.1) is 11.3 Å². The Hall–Kier alpha value is -0.840. The van der Waals surface area contributed by atoms with Crippen molar-refractivity contribution in [2.45, 2.75) is 0 Å². The van der Waals surface area contributed by atoms with Crippen LogP contribution in [0.5, 0.6) is 0 Å². The summed E-state index contributed by atoms with van der Waals surface area (Å²) in [5.41, 5.74) is 0.953. The summed E-state index contributed by atoms with van der Waals surface area (Å²) in [7, 11) is 0. The van der Waals surface area contributed by atoms with Crippen LogP contribution in [0.15, 0.2) is 34.8 Å². The molecule has 5 heteroatoms. The number of rotatable bonds is 2. The van der Waals surface area contributed by atoms with Gasteiger partial charge in [0, 0.05) is 9.35 Å². The van der Waals surface area contributed by atoms with Crippen molar-refractivity contribution in [1.82, 2.24) is 0 Å². The Bertz CT molecular complexity index is 551. The van der Waals surface area contributed by atoms with E-state index in [2.05, 4.69) is 15.9 Å². The maximum absolute atomic E-state index is 10.7. The Morgan fingerprint density at radius 3 is 2.62 bits per heavy atom. The van der Waals surface area contributed by atoms with Crippen molar-refractivity contribution in [1.29, 1.82) is 0 Å². The van der Waals surface area contributed by atoms with Gasteiger partial charge in [0.2, 0.25) is 0 Å². The fraction of sp³-hybridized carbons (Fsp3) is 0. The third-order valence-corrected chi connectivity index (χ3v) is 4.36. The number of benzene rings is 1. The van der Waals surface area contributed by atoms with Crippen LogP contribution in [0.2, 0.25) is 5.02 Å². The highest BCUT2D eigenvalue weighted by atomic mass is 79.9. The summed E-state index contributed by atoms with van der Waals surface area (Å²) in [4.78, 5) is 12.0. The molecule has 0 saturated heterocycles. The molecule has 0 saturated carbocycles. The van der Waals surface area contributed by atoms with E-state index in [1.807, 2.05) is 12.1 Å². The smallest absolute Gasteiger partial charge is 0.345 e. The molecule has 2 nitrogen and oxygen atoms in total. The molecule has 1 aromatic carbocycles. The summed E-state index contributed by atoms with van der Waals surface area (Å²) in [5.74, 6) is -0.899. The third-order valence-electron chi connectivity index (χ3n) is 2.02. The molecular formula is C11H6BrClO2S. The zero-order valence-corrected chi connectivity index (χ0v) is 11.1. The van der Waals surface area contributed by atoms with Crippen LogP contribution in [0.3, 0.4) is 0 Å². The van der Waals surface area contributed by atoms with Gasteiger partial charge in [0.1, 0.15) is 4.88 Å². The van der Waals surface area contributed by atoms with Crippen molar-refractivity contribution in [2.75, 3.05) is 0 Å². The van der Waals surface area contributed by atoms with E-state index in [1.165, 1.54) is 11.3 Å². The molecule has 0 spiro atoms. The van der Waals surface area contributed by atoms with Crippen molar-refractivity contribution >= 4 is 44.8 Å². The average molecular weight is 318 g/mol. The number of halogens is 2. The molecule has 0 amide bonds. The van der Waals surface area contributed by atoms with Gasteiger partial charge in [-0.05, 0) is 45.8 Å². The van der Waals surface area contributed by atoms with Gasteiger partial charge in [-0.25, -0.2) is 4.79 Å². The van der Waals surface area contributed by atoms with Gasteiger partial charge in [0.25, 0.3) is 0 Å². The standard InChI is InChI=1S/C11H6BrClO2S/c12-7-5-6(1-2-8(7)13)9-3-4-10(16-9)11(14)15/h1-5H,(H,14,15). The monoisotopic (exact) mass is 316 g/mol. The van der Waals surface area contributed by atoms with Crippen LogP contribution in [-0.2, 0) is 0 Å².